The lowest BCUT2D eigenvalue weighted by molar-refractivity contribution is -0.252. The Hall–Kier alpha value is -1.47. The molecule has 0 aromatic heterocycles. The van der Waals surface area contributed by atoms with Crippen LogP contribution >= 0.6 is 0 Å². The van der Waals surface area contributed by atoms with E-state index in [-0.39, 0.29) is 0 Å². The lowest BCUT2D eigenvalue weighted by atomic mass is 10.1. The molecule has 0 heterocycles. The SMILES string of the molecule is CC(C)(NC(=O)[O-])C(=O)NCC(F)(F)F. The van der Waals surface area contributed by atoms with Gasteiger partial charge in [0.05, 0.1) is 0 Å². The zero-order valence-electron chi connectivity index (χ0n) is 8.07. The molecule has 0 bridgehead atoms. The minimum absolute atomic E-state index is 1.08. The second-order valence-electron chi connectivity index (χ2n) is 3.34. The highest BCUT2D eigenvalue weighted by atomic mass is 19.4. The van der Waals surface area contributed by atoms with Crippen LogP contribution in [-0.4, -0.2) is 30.3 Å². The summed E-state index contributed by atoms with van der Waals surface area (Å²) in [5, 5.41) is 13.3. The molecule has 2 amide bonds. The average molecular weight is 227 g/mol. The summed E-state index contributed by atoms with van der Waals surface area (Å²) in [6.07, 6.45) is -6.27. The Kier molecular flexibility index (Phi) is 3.94. The van der Waals surface area contributed by atoms with Crippen LogP contribution in [0, 0.1) is 0 Å². The van der Waals surface area contributed by atoms with Crippen LogP contribution in [0.1, 0.15) is 13.8 Å². The van der Waals surface area contributed by atoms with E-state index in [2.05, 4.69) is 0 Å². The van der Waals surface area contributed by atoms with Crippen LogP contribution in [0.15, 0.2) is 0 Å². The van der Waals surface area contributed by atoms with Gasteiger partial charge in [0.1, 0.15) is 18.2 Å². The maximum atomic E-state index is 11.7. The second-order valence-corrected chi connectivity index (χ2v) is 3.34. The maximum absolute atomic E-state index is 11.7. The van der Waals surface area contributed by atoms with E-state index in [1.165, 1.54) is 0 Å². The number of carbonyl (C=O) groups excluding carboxylic acids is 2. The smallest absolute Gasteiger partial charge is 0.405 e. The fourth-order valence-corrected chi connectivity index (χ4v) is 0.713. The summed E-state index contributed by atoms with van der Waals surface area (Å²) in [5.74, 6) is -1.08. The number of halogens is 3. The Balaban J connectivity index is 4.26. The first kappa shape index (κ1) is 13.5. The second kappa shape index (κ2) is 4.37. The van der Waals surface area contributed by atoms with E-state index in [0.717, 1.165) is 13.8 Å². The van der Waals surface area contributed by atoms with Gasteiger partial charge in [0, 0.05) is 0 Å². The van der Waals surface area contributed by atoms with E-state index in [1.54, 1.807) is 10.6 Å². The van der Waals surface area contributed by atoms with E-state index < -0.39 is 30.3 Å². The molecule has 0 aliphatic rings. The molecule has 0 fully saturated rings. The van der Waals surface area contributed by atoms with Crippen LogP contribution in [0.3, 0.4) is 0 Å². The fraction of sp³-hybridized carbons (Fsp3) is 0.714. The summed E-state index contributed by atoms with van der Waals surface area (Å²) in [6, 6.07) is 0. The van der Waals surface area contributed by atoms with Crippen molar-refractivity contribution in [1.29, 1.82) is 0 Å². The molecule has 0 aliphatic heterocycles. The van der Waals surface area contributed by atoms with E-state index in [1.807, 2.05) is 0 Å². The van der Waals surface area contributed by atoms with Gasteiger partial charge >= 0.3 is 6.18 Å². The predicted molar refractivity (Wildman–Crippen MR) is 41.7 cm³/mol. The van der Waals surface area contributed by atoms with Gasteiger partial charge in [-0.1, -0.05) is 0 Å². The highest BCUT2D eigenvalue weighted by Crippen LogP contribution is 2.13. The molecule has 8 heteroatoms. The molecule has 0 radical (unpaired) electrons. The third-order valence-corrected chi connectivity index (χ3v) is 1.43. The molecule has 0 rings (SSSR count). The molecule has 15 heavy (non-hydrogen) atoms. The number of amides is 2. The van der Waals surface area contributed by atoms with Crippen molar-refractivity contribution in [3.8, 4) is 0 Å². The average Bonchev–Trinajstić information content (AvgIpc) is 1.95. The standard InChI is InChI=1S/C7H11F3N2O3/c1-6(2,12-5(14)15)4(13)11-3-7(8,9)10/h12H,3H2,1-2H3,(H,11,13)(H,14,15)/p-1. The van der Waals surface area contributed by atoms with Crippen molar-refractivity contribution in [1.82, 2.24) is 10.6 Å². The van der Waals surface area contributed by atoms with Crippen LogP contribution in [0.25, 0.3) is 0 Å². The van der Waals surface area contributed by atoms with Crippen molar-refractivity contribution < 1.29 is 27.9 Å². The first-order valence-corrected chi connectivity index (χ1v) is 3.89. The fourth-order valence-electron chi connectivity index (χ4n) is 0.713. The summed E-state index contributed by atoms with van der Waals surface area (Å²) < 4.78 is 35.1. The van der Waals surface area contributed by atoms with Crippen molar-refractivity contribution in [3.63, 3.8) is 0 Å². The first-order chi connectivity index (χ1) is 6.54. The number of alkyl halides is 3. The molecule has 0 saturated heterocycles. The number of carboxylic acid groups (broad SMARTS) is 1. The Bertz CT molecular complexity index is 263. The normalized spacial score (nSPS) is 12.1. The van der Waals surface area contributed by atoms with Crippen molar-refractivity contribution >= 4 is 12.0 Å². The number of hydrogen-bond acceptors (Lipinski definition) is 3. The van der Waals surface area contributed by atoms with Gasteiger partial charge in [-0.2, -0.15) is 13.2 Å². The molecule has 0 atom stereocenters. The van der Waals surface area contributed by atoms with Gasteiger partial charge in [-0.3, -0.25) is 4.79 Å². The zero-order valence-corrected chi connectivity index (χ0v) is 8.07. The van der Waals surface area contributed by atoms with Crippen LogP contribution in [0.2, 0.25) is 0 Å². The monoisotopic (exact) mass is 227 g/mol. The molecular formula is C7H10F3N2O3-. The van der Waals surface area contributed by atoms with E-state index in [9.17, 15) is 27.9 Å². The molecule has 0 aromatic carbocycles. The quantitative estimate of drug-likeness (QED) is 0.674. The summed E-state index contributed by atoms with van der Waals surface area (Å²) in [7, 11) is 0. The van der Waals surface area contributed by atoms with Gasteiger partial charge in [-0.05, 0) is 13.8 Å². The van der Waals surface area contributed by atoms with Crippen molar-refractivity contribution in [3.05, 3.63) is 0 Å². The molecular weight excluding hydrogens is 217 g/mol. The number of rotatable bonds is 3. The molecule has 0 aromatic rings. The summed E-state index contributed by atoms with van der Waals surface area (Å²) in [4.78, 5) is 21.2. The molecule has 2 N–H and O–H groups in total. The number of carbonyl (C=O) groups is 2. The van der Waals surface area contributed by atoms with Gasteiger partial charge in [0.25, 0.3) is 0 Å². The minimum Gasteiger partial charge on any atom is -0.530 e. The summed E-state index contributed by atoms with van der Waals surface area (Å²) in [5.41, 5.74) is -1.66. The topological polar surface area (TPSA) is 81.3 Å². The van der Waals surface area contributed by atoms with E-state index >= 15 is 0 Å². The van der Waals surface area contributed by atoms with Crippen molar-refractivity contribution in [2.24, 2.45) is 0 Å². The molecule has 0 aliphatic carbocycles. The van der Waals surface area contributed by atoms with Crippen LogP contribution in [-0.2, 0) is 4.79 Å². The largest absolute Gasteiger partial charge is 0.530 e. The Morgan fingerprint density at radius 1 is 1.27 bits per heavy atom. The van der Waals surface area contributed by atoms with Gasteiger partial charge < -0.3 is 20.5 Å². The van der Waals surface area contributed by atoms with Gasteiger partial charge in [0.15, 0.2) is 0 Å². The molecule has 88 valence electrons. The molecule has 0 saturated carbocycles. The summed E-state index contributed by atoms with van der Waals surface area (Å²) in [6.45, 7) is 0.729. The van der Waals surface area contributed by atoms with Crippen molar-refractivity contribution in [2.75, 3.05) is 6.54 Å². The maximum Gasteiger partial charge on any atom is 0.405 e. The van der Waals surface area contributed by atoms with Gasteiger partial charge in [-0.25, -0.2) is 0 Å². The molecule has 0 unspecified atom stereocenters. The Morgan fingerprint density at radius 3 is 2.07 bits per heavy atom. The summed E-state index contributed by atoms with van der Waals surface area (Å²) >= 11 is 0. The van der Waals surface area contributed by atoms with Gasteiger partial charge in [0.2, 0.25) is 5.91 Å². The first-order valence-electron chi connectivity index (χ1n) is 3.89. The third kappa shape index (κ3) is 5.76. The van der Waals surface area contributed by atoms with Gasteiger partial charge in [-0.15, -0.1) is 0 Å². The molecule has 0 spiro atoms. The zero-order chi connectivity index (χ0) is 12.3. The van der Waals surface area contributed by atoms with Crippen LogP contribution < -0.4 is 15.7 Å². The predicted octanol–water partition coefficient (Wildman–Crippen LogP) is -0.624. The van der Waals surface area contributed by atoms with E-state index in [0.29, 0.717) is 0 Å². The molecule has 5 nitrogen and oxygen atoms in total. The van der Waals surface area contributed by atoms with Crippen molar-refractivity contribution in [2.45, 2.75) is 25.6 Å². The van der Waals surface area contributed by atoms with Crippen LogP contribution in [0.4, 0.5) is 18.0 Å². The third-order valence-electron chi connectivity index (χ3n) is 1.43. The lowest BCUT2D eigenvalue weighted by Gasteiger charge is -2.26. The number of hydrogen-bond donors (Lipinski definition) is 2. The number of nitrogens with one attached hydrogen (secondary N) is 2. The minimum atomic E-state index is -4.53. The Morgan fingerprint density at radius 2 is 1.73 bits per heavy atom. The lowest BCUT2D eigenvalue weighted by Crippen LogP contribution is -2.58. The highest BCUT2D eigenvalue weighted by Gasteiger charge is 2.32. The van der Waals surface area contributed by atoms with E-state index in [4.69, 9.17) is 0 Å². The Labute approximate surface area is 83.6 Å². The van der Waals surface area contributed by atoms with Crippen LogP contribution in [0.5, 0.6) is 0 Å². The highest BCUT2D eigenvalue weighted by molar-refractivity contribution is 5.88.